The Bertz CT molecular complexity index is 554. The summed E-state index contributed by atoms with van der Waals surface area (Å²) in [5.41, 5.74) is 1.14. The van der Waals surface area contributed by atoms with E-state index in [0.717, 1.165) is 10.7 Å². The summed E-state index contributed by atoms with van der Waals surface area (Å²) >= 11 is 7.18. The monoisotopic (exact) mass is 282 g/mol. The van der Waals surface area contributed by atoms with Crippen LogP contribution in [0.2, 0.25) is 5.15 Å². The van der Waals surface area contributed by atoms with Crippen molar-refractivity contribution >= 4 is 28.8 Å². The lowest BCUT2D eigenvalue weighted by atomic mass is 10.3. The van der Waals surface area contributed by atoms with Gasteiger partial charge in [-0.25, -0.2) is 15.0 Å². The fraction of sp³-hybridized carbons (Fsp3) is 0.273. The molecule has 7 heteroatoms. The molecule has 5 nitrogen and oxygen atoms in total. The van der Waals surface area contributed by atoms with Crippen LogP contribution in [-0.2, 0) is 6.54 Å². The minimum absolute atomic E-state index is 0.204. The molecule has 0 unspecified atom stereocenters. The normalized spacial score (nSPS) is 10.4. The van der Waals surface area contributed by atoms with Crippen LogP contribution in [0.25, 0.3) is 0 Å². The molecule has 0 saturated heterocycles. The largest absolute Gasteiger partial charge is 0.334 e. The molecule has 0 aliphatic rings. The third-order valence-corrected chi connectivity index (χ3v) is 3.27. The number of nitrogens with zero attached hydrogens (tertiary/aromatic N) is 4. The summed E-state index contributed by atoms with van der Waals surface area (Å²) in [4.78, 5) is 25.7. The fourth-order valence-corrected chi connectivity index (χ4v) is 2.12. The second-order valence-electron chi connectivity index (χ2n) is 3.74. The highest BCUT2D eigenvalue weighted by Gasteiger charge is 2.14. The van der Waals surface area contributed by atoms with Gasteiger partial charge in [-0.05, 0) is 6.92 Å². The van der Waals surface area contributed by atoms with Gasteiger partial charge < -0.3 is 4.90 Å². The van der Waals surface area contributed by atoms with Crippen LogP contribution in [0.5, 0.6) is 0 Å². The summed E-state index contributed by atoms with van der Waals surface area (Å²) < 4.78 is 0. The van der Waals surface area contributed by atoms with Crippen molar-refractivity contribution in [1.29, 1.82) is 0 Å². The summed E-state index contributed by atoms with van der Waals surface area (Å²) in [7, 11) is 1.70. The molecular weight excluding hydrogens is 272 g/mol. The number of hydrogen-bond acceptors (Lipinski definition) is 5. The lowest BCUT2D eigenvalue weighted by Gasteiger charge is -2.14. The average molecular weight is 283 g/mol. The Morgan fingerprint density at radius 1 is 1.44 bits per heavy atom. The van der Waals surface area contributed by atoms with E-state index in [1.807, 2.05) is 12.3 Å². The number of amides is 1. The van der Waals surface area contributed by atoms with Crippen LogP contribution < -0.4 is 0 Å². The highest BCUT2D eigenvalue weighted by atomic mass is 35.5. The molecule has 2 aromatic rings. The number of aryl methyl sites for hydroxylation is 1. The van der Waals surface area contributed by atoms with Crippen molar-refractivity contribution in [3.8, 4) is 0 Å². The van der Waals surface area contributed by atoms with Crippen LogP contribution in [0.4, 0.5) is 0 Å². The molecule has 18 heavy (non-hydrogen) atoms. The van der Waals surface area contributed by atoms with Gasteiger partial charge in [0.05, 0.1) is 29.6 Å². The number of rotatable bonds is 3. The van der Waals surface area contributed by atoms with Crippen LogP contribution in [0.3, 0.4) is 0 Å². The molecule has 0 spiro atoms. The minimum atomic E-state index is -0.204. The minimum Gasteiger partial charge on any atom is -0.334 e. The van der Waals surface area contributed by atoms with Crippen LogP contribution >= 0.6 is 22.9 Å². The molecule has 0 aliphatic carbocycles. The Morgan fingerprint density at radius 3 is 2.78 bits per heavy atom. The third kappa shape index (κ3) is 3.02. The molecule has 0 aliphatic heterocycles. The third-order valence-electron chi connectivity index (χ3n) is 2.25. The lowest BCUT2D eigenvalue weighted by Crippen LogP contribution is -2.27. The Hall–Kier alpha value is -1.53. The van der Waals surface area contributed by atoms with Gasteiger partial charge in [0.15, 0.2) is 0 Å². The molecule has 94 valence electrons. The predicted octanol–water partition coefficient (Wildman–Crippen LogP) is 2.17. The average Bonchev–Trinajstić information content (AvgIpc) is 2.75. The highest BCUT2D eigenvalue weighted by Crippen LogP contribution is 2.11. The second-order valence-corrected chi connectivity index (χ2v) is 5.19. The quantitative estimate of drug-likeness (QED) is 0.866. The molecule has 0 saturated carbocycles. The summed E-state index contributed by atoms with van der Waals surface area (Å²) in [6.45, 7) is 2.38. The van der Waals surface area contributed by atoms with Crippen LogP contribution in [0.15, 0.2) is 17.8 Å². The van der Waals surface area contributed by atoms with E-state index < -0.39 is 0 Å². The standard InChI is InChI=1S/C11H11ClN4OS/c1-7-15-8(6-18-7)5-16(2)11(17)9-3-14-10(12)4-13-9/h3-4,6H,5H2,1-2H3. The maximum Gasteiger partial charge on any atom is 0.274 e. The van der Waals surface area contributed by atoms with Gasteiger partial charge >= 0.3 is 0 Å². The van der Waals surface area contributed by atoms with Crippen LogP contribution in [0.1, 0.15) is 21.2 Å². The van der Waals surface area contributed by atoms with E-state index in [-0.39, 0.29) is 16.8 Å². The zero-order valence-electron chi connectivity index (χ0n) is 9.92. The molecule has 0 fully saturated rings. The van der Waals surface area contributed by atoms with Gasteiger partial charge in [-0.15, -0.1) is 11.3 Å². The van der Waals surface area contributed by atoms with Gasteiger partial charge in [-0.2, -0.15) is 0 Å². The van der Waals surface area contributed by atoms with E-state index in [0.29, 0.717) is 6.54 Å². The lowest BCUT2D eigenvalue weighted by molar-refractivity contribution is 0.0777. The van der Waals surface area contributed by atoms with E-state index in [1.165, 1.54) is 12.4 Å². The molecule has 0 atom stereocenters. The Morgan fingerprint density at radius 2 is 2.22 bits per heavy atom. The maximum absolute atomic E-state index is 12.0. The van der Waals surface area contributed by atoms with Crippen molar-refractivity contribution in [2.45, 2.75) is 13.5 Å². The van der Waals surface area contributed by atoms with Gasteiger partial charge in [-0.3, -0.25) is 4.79 Å². The van der Waals surface area contributed by atoms with Crippen molar-refractivity contribution in [2.24, 2.45) is 0 Å². The Kier molecular flexibility index (Phi) is 3.88. The van der Waals surface area contributed by atoms with E-state index in [1.54, 1.807) is 23.3 Å². The summed E-state index contributed by atoms with van der Waals surface area (Å²) in [6.07, 6.45) is 2.73. The summed E-state index contributed by atoms with van der Waals surface area (Å²) in [5, 5.41) is 3.19. The van der Waals surface area contributed by atoms with E-state index in [2.05, 4.69) is 15.0 Å². The van der Waals surface area contributed by atoms with Crippen molar-refractivity contribution in [3.05, 3.63) is 39.3 Å². The first-order valence-electron chi connectivity index (χ1n) is 5.20. The van der Waals surface area contributed by atoms with Gasteiger partial charge in [0.2, 0.25) is 0 Å². The van der Waals surface area contributed by atoms with Crippen molar-refractivity contribution in [3.63, 3.8) is 0 Å². The summed E-state index contributed by atoms with van der Waals surface area (Å²) in [6, 6.07) is 0. The number of aromatic nitrogens is 3. The van der Waals surface area contributed by atoms with E-state index in [9.17, 15) is 4.79 Å². The van der Waals surface area contributed by atoms with Gasteiger partial charge in [0, 0.05) is 12.4 Å². The molecule has 2 heterocycles. The van der Waals surface area contributed by atoms with Crippen molar-refractivity contribution in [2.75, 3.05) is 7.05 Å². The topological polar surface area (TPSA) is 59.0 Å². The molecule has 2 rings (SSSR count). The molecule has 0 bridgehead atoms. The second kappa shape index (κ2) is 5.41. The van der Waals surface area contributed by atoms with Crippen molar-refractivity contribution < 1.29 is 4.79 Å². The first kappa shape index (κ1) is 12.9. The number of thiazole rings is 1. The van der Waals surface area contributed by atoms with Crippen molar-refractivity contribution in [1.82, 2.24) is 19.9 Å². The van der Waals surface area contributed by atoms with Crippen LogP contribution in [0, 0.1) is 6.92 Å². The highest BCUT2D eigenvalue weighted by molar-refractivity contribution is 7.09. The van der Waals surface area contributed by atoms with Gasteiger partial charge in [0.25, 0.3) is 5.91 Å². The molecule has 0 aromatic carbocycles. The number of carbonyl (C=O) groups excluding carboxylic acids is 1. The SMILES string of the molecule is Cc1nc(CN(C)C(=O)c2cnc(Cl)cn2)cs1. The smallest absolute Gasteiger partial charge is 0.274 e. The molecule has 2 aromatic heterocycles. The number of halogens is 1. The molecule has 1 amide bonds. The Labute approximate surface area is 113 Å². The zero-order chi connectivity index (χ0) is 13.1. The first-order chi connectivity index (χ1) is 8.56. The molecular formula is C11H11ClN4OS. The first-order valence-corrected chi connectivity index (χ1v) is 6.46. The maximum atomic E-state index is 12.0. The van der Waals surface area contributed by atoms with E-state index >= 15 is 0 Å². The summed E-state index contributed by atoms with van der Waals surface area (Å²) in [5.74, 6) is -0.204. The van der Waals surface area contributed by atoms with Gasteiger partial charge in [-0.1, -0.05) is 11.6 Å². The van der Waals surface area contributed by atoms with Crippen LogP contribution in [-0.4, -0.2) is 32.8 Å². The fourth-order valence-electron chi connectivity index (χ4n) is 1.41. The number of hydrogen-bond donors (Lipinski definition) is 0. The van der Waals surface area contributed by atoms with Gasteiger partial charge in [0.1, 0.15) is 10.8 Å². The molecule has 0 N–H and O–H groups in total. The van der Waals surface area contributed by atoms with E-state index in [4.69, 9.17) is 11.6 Å². The molecule has 0 radical (unpaired) electrons. The predicted molar refractivity (Wildman–Crippen MR) is 69.7 cm³/mol. The number of carbonyl (C=O) groups is 1. The Balaban J connectivity index is 2.07. The zero-order valence-corrected chi connectivity index (χ0v) is 11.5.